The van der Waals surface area contributed by atoms with Crippen LogP contribution in [0.1, 0.15) is 112 Å². The molecule has 10 nitrogen and oxygen atoms in total. The van der Waals surface area contributed by atoms with Gasteiger partial charge in [-0.3, -0.25) is 19.8 Å². The van der Waals surface area contributed by atoms with E-state index in [2.05, 4.69) is 62.0 Å². The molecule has 6 atom stereocenters. The van der Waals surface area contributed by atoms with E-state index in [-0.39, 0.29) is 17.1 Å². The minimum atomic E-state index is -6.09. The molecule has 2 saturated carbocycles. The van der Waals surface area contributed by atoms with Gasteiger partial charge in [0.1, 0.15) is 0 Å². The summed E-state index contributed by atoms with van der Waals surface area (Å²) in [7, 11) is -12.2. The molecule has 6 aliphatic carbocycles. The third kappa shape index (κ3) is 8.79. The normalized spacial score (nSPS) is 29.2. The van der Waals surface area contributed by atoms with Gasteiger partial charge >= 0.3 is 28.1 Å². The zero-order valence-corrected chi connectivity index (χ0v) is 33.7. The Bertz CT molecular complexity index is 1820. The van der Waals surface area contributed by atoms with Gasteiger partial charge in [0.15, 0.2) is 20.2 Å². The Labute approximate surface area is 329 Å². The summed E-state index contributed by atoms with van der Waals surface area (Å²) >= 11 is 0. The standard InChI is InChI=1S/C34H46N4.2CHF3O3S.Fe/c1-33(2)23-11-21-13-25(35-17-27(21)29(33)15-23)19-37-9-5-7-31(37)32-8-6-10-38(32)20-26-14-22-12-24-16-30(34(24,3)4)28(22)18-36-26;2*2-1(3,4)8(5,6)7;/h13-14,17-18,23-24,29-32H,5-12,15-16,19-20H2,1-4H3;2*(H,5,6,7);/q;;;+4/p-2/t23-,24-,29-,30-,31-,32-;;;/m0.../s1. The van der Waals surface area contributed by atoms with Crippen molar-refractivity contribution in [2.24, 2.45) is 22.7 Å². The van der Waals surface area contributed by atoms with Crippen LogP contribution in [0.3, 0.4) is 0 Å². The fourth-order valence-electron chi connectivity index (χ4n) is 9.96. The molecule has 4 heterocycles. The summed E-state index contributed by atoms with van der Waals surface area (Å²) in [5.41, 5.74) is -1.41. The second-order valence-electron chi connectivity index (χ2n) is 16.9. The first-order valence-corrected chi connectivity index (χ1v) is 21.1. The minimum absolute atomic E-state index is 0. The van der Waals surface area contributed by atoms with Crippen LogP contribution >= 0.6 is 0 Å². The van der Waals surface area contributed by atoms with Crippen molar-refractivity contribution in [2.45, 2.75) is 127 Å². The average Bonchev–Trinajstić information content (AvgIpc) is 3.71. The van der Waals surface area contributed by atoms with E-state index in [1.165, 1.54) is 75.8 Å². The Hall–Kier alpha value is -1.86. The van der Waals surface area contributed by atoms with Crippen molar-refractivity contribution in [3.05, 3.63) is 58.2 Å². The fraction of sp³-hybridized carbons (Fsp3) is 0.722. The molecule has 4 bridgehead atoms. The molecule has 2 saturated heterocycles. The summed E-state index contributed by atoms with van der Waals surface area (Å²) in [5.74, 6) is 3.21. The number of nitrogens with zero attached hydrogens (tertiary/aromatic N) is 4. The Kier molecular flexibility index (Phi) is 12.4. The van der Waals surface area contributed by atoms with E-state index in [1.807, 2.05) is 0 Å². The predicted octanol–water partition coefficient (Wildman–Crippen LogP) is 6.58. The predicted molar refractivity (Wildman–Crippen MR) is 184 cm³/mol. The number of hydrogen-bond acceptors (Lipinski definition) is 10. The van der Waals surface area contributed by atoms with Crippen LogP contribution in [-0.2, 0) is 63.2 Å². The molecular weight excluding hydrogens is 818 g/mol. The van der Waals surface area contributed by atoms with Gasteiger partial charge in [0.25, 0.3) is 0 Å². The first kappa shape index (κ1) is 44.2. The molecule has 306 valence electrons. The monoisotopic (exact) mass is 864 g/mol. The molecule has 4 fully saturated rings. The largest absolute Gasteiger partial charge is 4.00 e. The van der Waals surface area contributed by atoms with E-state index in [0.717, 1.165) is 36.8 Å². The molecule has 2 aromatic rings. The number of hydrogen-bond donors (Lipinski definition) is 0. The molecule has 10 rings (SSSR count). The Morgan fingerprint density at radius 1 is 0.691 bits per heavy atom. The minimum Gasteiger partial charge on any atom is -0.741 e. The van der Waals surface area contributed by atoms with Crippen molar-refractivity contribution < 1.29 is 69.4 Å². The van der Waals surface area contributed by atoms with Crippen LogP contribution in [0, 0.1) is 22.7 Å². The van der Waals surface area contributed by atoms with Crippen LogP contribution < -0.4 is 0 Å². The maximum Gasteiger partial charge on any atom is 4.00 e. The zero-order valence-electron chi connectivity index (χ0n) is 30.9. The van der Waals surface area contributed by atoms with Gasteiger partial charge in [0.2, 0.25) is 0 Å². The van der Waals surface area contributed by atoms with Gasteiger partial charge < -0.3 is 9.11 Å². The van der Waals surface area contributed by atoms with Crippen LogP contribution in [-0.4, -0.2) is 81.9 Å². The first-order chi connectivity index (χ1) is 24.8. The average molecular weight is 865 g/mol. The van der Waals surface area contributed by atoms with Crippen molar-refractivity contribution in [3.63, 3.8) is 0 Å². The van der Waals surface area contributed by atoms with Crippen LogP contribution in [0.5, 0.6) is 0 Å². The molecule has 8 aliphatic rings. The van der Waals surface area contributed by atoms with Gasteiger partial charge in [-0.05, 0) is 133 Å². The van der Waals surface area contributed by atoms with E-state index < -0.39 is 31.3 Å². The molecule has 55 heavy (non-hydrogen) atoms. The topological polar surface area (TPSA) is 147 Å². The van der Waals surface area contributed by atoms with E-state index in [4.69, 9.17) is 35.9 Å². The molecule has 0 aromatic carbocycles. The first-order valence-electron chi connectivity index (χ1n) is 18.3. The maximum absolute atomic E-state index is 10.7. The molecule has 0 spiro atoms. The molecular formula is C36H46F6FeN4O6S2+2. The van der Waals surface area contributed by atoms with Gasteiger partial charge in [-0.15, -0.1) is 0 Å². The van der Waals surface area contributed by atoms with E-state index in [0.29, 0.717) is 22.9 Å². The molecule has 0 amide bonds. The van der Waals surface area contributed by atoms with Crippen LogP contribution in [0.15, 0.2) is 24.5 Å². The van der Waals surface area contributed by atoms with Gasteiger partial charge in [-0.25, -0.2) is 16.8 Å². The molecule has 19 heteroatoms. The Balaban J connectivity index is 0.000000290. The van der Waals surface area contributed by atoms with E-state index in [1.54, 1.807) is 22.3 Å². The van der Waals surface area contributed by atoms with E-state index in [9.17, 15) is 26.3 Å². The van der Waals surface area contributed by atoms with Gasteiger partial charge in [-0.1, -0.05) is 27.7 Å². The second kappa shape index (κ2) is 15.4. The number of alkyl halides is 6. The summed E-state index contributed by atoms with van der Waals surface area (Å²) in [5, 5.41) is 0. The molecule has 0 N–H and O–H groups in total. The molecule has 2 aliphatic heterocycles. The van der Waals surface area contributed by atoms with Crippen molar-refractivity contribution in [2.75, 3.05) is 13.1 Å². The summed E-state index contributed by atoms with van der Waals surface area (Å²) in [6.45, 7) is 14.4. The molecule has 2 aromatic heterocycles. The van der Waals surface area contributed by atoms with Gasteiger partial charge in [0, 0.05) is 37.6 Å². The van der Waals surface area contributed by atoms with Crippen molar-refractivity contribution in [3.8, 4) is 0 Å². The smallest absolute Gasteiger partial charge is 0.741 e. The quantitative estimate of drug-likeness (QED) is 0.140. The third-order valence-corrected chi connectivity index (χ3v) is 14.5. The number of rotatable bonds is 5. The summed E-state index contributed by atoms with van der Waals surface area (Å²) in [4.78, 5) is 15.6. The van der Waals surface area contributed by atoms with Crippen molar-refractivity contribution >= 4 is 20.2 Å². The maximum atomic E-state index is 10.7. The van der Waals surface area contributed by atoms with E-state index >= 15 is 0 Å². The fourth-order valence-corrected chi connectivity index (χ4v) is 9.96. The zero-order chi connectivity index (χ0) is 39.8. The molecule has 0 radical (unpaired) electrons. The molecule has 0 unspecified atom stereocenters. The van der Waals surface area contributed by atoms with Gasteiger partial charge in [0.05, 0.1) is 11.4 Å². The van der Waals surface area contributed by atoms with Crippen LogP contribution in [0.2, 0.25) is 0 Å². The number of likely N-dealkylation sites (tertiary alicyclic amines) is 2. The van der Waals surface area contributed by atoms with Crippen molar-refractivity contribution in [1.82, 2.24) is 19.8 Å². The number of pyridine rings is 2. The third-order valence-electron chi connectivity index (χ3n) is 13.4. The number of aromatic nitrogens is 2. The Morgan fingerprint density at radius 2 is 1.02 bits per heavy atom. The Morgan fingerprint density at radius 3 is 1.31 bits per heavy atom. The van der Waals surface area contributed by atoms with Crippen LogP contribution in [0.25, 0.3) is 0 Å². The van der Waals surface area contributed by atoms with Crippen molar-refractivity contribution in [1.29, 1.82) is 0 Å². The van der Waals surface area contributed by atoms with Gasteiger partial charge in [-0.2, -0.15) is 26.3 Å². The summed E-state index contributed by atoms with van der Waals surface area (Å²) in [6.07, 6.45) is 15.1. The summed E-state index contributed by atoms with van der Waals surface area (Å²) in [6, 6.07) is 6.28. The number of halogens is 6. The summed E-state index contributed by atoms with van der Waals surface area (Å²) < 4.78 is 118. The SMILES string of the molecule is CC1(C)[C@H]2Cc3cc(CN4CCC[C@H]4[C@@H]4CCCN4Cc4cc5c(cn4)[C@@H]4C[C@H](C5)C4(C)C)ncc3[C@@H]1C2.O=S(=O)([O-])C(F)(F)F.O=S(=O)([O-])C(F)(F)F.[Fe+4]. The van der Waals surface area contributed by atoms with Crippen LogP contribution in [0.4, 0.5) is 26.3 Å². The second-order valence-corrected chi connectivity index (χ2v) is 19.7.